The van der Waals surface area contributed by atoms with Crippen LogP contribution >= 0.6 is 0 Å². The molecular weight excluding hydrogens is 378 g/mol. The third kappa shape index (κ3) is 4.35. The van der Waals surface area contributed by atoms with Crippen molar-refractivity contribution in [1.82, 2.24) is 9.13 Å². The zero-order valence-corrected chi connectivity index (χ0v) is 15.9. The third-order valence-electron chi connectivity index (χ3n) is 4.35. The Morgan fingerprint density at radius 1 is 1.28 bits per heavy atom. The molecule has 0 aliphatic heterocycles. The van der Waals surface area contributed by atoms with Crippen LogP contribution in [0.5, 0.6) is 5.75 Å². The molecule has 0 bridgehead atoms. The number of nitriles is 1. The second-order valence-corrected chi connectivity index (χ2v) is 6.61. The van der Waals surface area contributed by atoms with E-state index in [9.17, 15) is 24.4 Å². The van der Waals surface area contributed by atoms with Crippen molar-refractivity contribution >= 4 is 23.2 Å². The molecule has 150 valence electrons. The number of hydrogen-bond donors (Lipinski definition) is 2. The standard InChI is InChI=1S/C19H19N5O5/c1-11(25)21-13-3-6-16(29-2)15(7-13)22-17(26)10-24-18(27)12(8-20)9-23(19(24)28)14-4-5-14/h3,6-7,9,14H,4-5,10H2,1-2H3,(H,21,25)(H,22,26). The molecule has 1 heterocycles. The normalized spacial score (nSPS) is 12.7. The summed E-state index contributed by atoms with van der Waals surface area (Å²) >= 11 is 0. The monoisotopic (exact) mass is 397 g/mol. The van der Waals surface area contributed by atoms with E-state index < -0.39 is 23.7 Å². The van der Waals surface area contributed by atoms with Crippen molar-refractivity contribution in [2.24, 2.45) is 0 Å². The molecule has 2 N–H and O–H groups in total. The number of rotatable bonds is 6. The maximum Gasteiger partial charge on any atom is 0.331 e. The minimum absolute atomic E-state index is 0.0565. The van der Waals surface area contributed by atoms with Gasteiger partial charge in [0.2, 0.25) is 11.8 Å². The van der Waals surface area contributed by atoms with E-state index in [1.165, 1.54) is 30.9 Å². The average molecular weight is 397 g/mol. The summed E-state index contributed by atoms with van der Waals surface area (Å²) in [5.74, 6) is -0.603. The summed E-state index contributed by atoms with van der Waals surface area (Å²) in [6, 6.07) is 6.37. The summed E-state index contributed by atoms with van der Waals surface area (Å²) in [5, 5.41) is 14.3. The Bertz CT molecular complexity index is 1140. The van der Waals surface area contributed by atoms with Crippen LogP contribution in [0.4, 0.5) is 11.4 Å². The highest BCUT2D eigenvalue weighted by Crippen LogP contribution is 2.33. The van der Waals surface area contributed by atoms with Crippen molar-refractivity contribution in [3.63, 3.8) is 0 Å². The van der Waals surface area contributed by atoms with Gasteiger partial charge in [0.05, 0.1) is 12.8 Å². The number of nitrogens with zero attached hydrogens (tertiary/aromatic N) is 3. The number of methoxy groups -OCH3 is 1. The van der Waals surface area contributed by atoms with E-state index >= 15 is 0 Å². The second-order valence-electron chi connectivity index (χ2n) is 6.61. The zero-order chi connectivity index (χ0) is 21.1. The molecule has 29 heavy (non-hydrogen) atoms. The van der Waals surface area contributed by atoms with E-state index in [4.69, 9.17) is 4.74 Å². The highest BCUT2D eigenvalue weighted by atomic mass is 16.5. The molecule has 0 spiro atoms. The molecular formula is C19H19N5O5. The van der Waals surface area contributed by atoms with Crippen molar-refractivity contribution in [3.8, 4) is 11.8 Å². The van der Waals surface area contributed by atoms with Crippen LogP contribution in [0.1, 0.15) is 31.4 Å². The first-order valence-electron chi connectivity index (χ1n) is 8.85. The lowest BCUT2D eigenvalue weighted by molar-refractivity contribution is -0.117. The number of nitrogens with one attached hydrogen (secondary N) is 2. The molecule has 0 unspecified atom stereocenters. The van der Waals surface area contributed by atoms with Crippen molar-refractivity contribution in [1.29, 1.82) is 5.26 Å². The lowest BCUT2D eigenvalue weighted by atomic mass is 10.2. The number of aromatic nitrogens is 2. The first kappa shape index (κ1) is 19.9. The summed E-state index contributed by atoms with van der Waals surface area (Å²) in [5.41, 5.74) is -0.951. The van der Waals surface area contributed by atoms with E-state index in [2.05, 4.69) is 10.6 Å². The summed E-state index contributed by atoms with van der Waals surface area (Å²) in [7, 11) is 1.41. The number of anilines is 2. The first-order valence-corrected chi connectivity index (χ1v) is 8.85. The van der Waals surface area contributed by atoms with E-state index in [1.807, 2.05) is 0 Å². The van der Waals surface area contributed by atoms with Gasteiger partial charge >= 0.3 is 5.69 Å². The molecule has 0 atom stereocenters. The quantitative estimate of drug-likeness (QED) is 0.741. The third-order valence-corrected chi connectivity index (χ3v) is 4.35. The average Bonchev–Trinajstić information content (AvgIpc) is 3.50. The molecule has 10 nitrogen and oxygen atoms in total. The van der Waals surface area contributed by atoms with Gasteiger partial charge in [-0.25, -0.2) is 9.36 Å². The van der Waals surface area contributed by atoms with Gasteiger partial charge < -0.3 is 15.4 Å². The van der Waals surface area contributed by atoms with E-state index in [-0.39, 0.29) is 23.2 Å². The molecule has 2 aromatic rings. The maximum atomic E-state index is 12.6. The lowest BCUT2D eigenvalue weighted by Crippen LogP contribution is -2.43. The number of amides is 2. The van der Waals surface area contributed by atoms with Crippen LogP contribution in [0, 0.1) is 11.3 Å². The molecule has 1 saturated carbocycles. The summed E-state index contributed by atoms with van der Waals surface area (Å²) in [4.78, 5) is 48.7. The fourth-order valence-corrected chi connectivity index (χ4v) is 2.87. The summed E-state index contributed by atoms with van der Waals surface area (Å²) in [6.45, 7) is 0.787. The fourth-order valence-electron chi connectivity index (χ4n) is 2.87. The molecule has 10 heteroatoms. The molecule has 3 rings (SSSR count). The summed E-state index contributed by atoms with van der Waals surface area (Å²) < 4.78 is 7.27. The largest absolute Gasteiger partial charge is 0.495 e. The fraction of sp³-hybridized carbons (Fsp3) is 0.316. The summed E-state index contributed by atoms with van der Waals surface area (Å²) in [6.07, 6.45) is 2.81. The predicted octanol–water partition coefficient (Wildman–Crippen LogP) is 0.822. The van der Waals surface area contributed by atoms with Crippen molar-refractivity contribution < 1.29 is 14.3 Å². The van der Waals surface area contributed by atoms with E-state index in [0.29, 0.717) is 11.4 Å². The predicted molar refractivity (Wildman–Crippen MR) is 104 cm³/mol. The molecule has 1 aromatic heterocycles. The number of hydrogen-bond acceptors (Lipinski definition) is 6. The Kier molecular flexibility index (Phi) is 5.50. The number of ether oxygens (including phenoxy) is 1. The molecule has 1 aliphatic carbocycles. The highest BCUT2D eigenvalue weighted by Gasteiger charge is 2.27. The van der Waals surface area contributed by atoms with Gasteiger partial charge in [-0.2, -0.15) is 5.26 Å². The van der Waals surface area contributed by atoms with Crippen molar-refractivity contribution in [2.75, 3.05) is 17.7 Å². The van der Waals surface area contributed by atoms with Crippen LogP contribution in [-0.2, 0) is 16.1 Å². The Balaban J connectivity index is 1.89. The second kappa shape index (κ2) is 8.02. The molecule has 0 saturated heterocycles. The van der Waals surface area contributed by atoms with Gasteiger partial charge in [-0.3, -0.25) is 19.0 Å². The van der Waals surface area contributed by atoms with Crippen molar-refractivity contribution in [2.45, 2.75) is 32.4 Å². The molecule has 2 amide bonds. The minimum Gasteiger partial charge on any atom is -0.495 e. The van der Waals surface area contributed by atoms with Gasteiger partial charge in [-0.1, -0.05) is 0 Å². The minimum atomic E-state index is -0.816. The Hall–Kier alpha value is -3.87. The number of benzene rings is 1. The lowest BCUT2D eigenvalue weighted by Gasteiger charge is -2.13. The topological polar surface area (TPSA) is 135 Å². The smallest absolute Gasteiger partial charge is 0.331 e. The van der Waals surface area contributed by atoms with Gasteiger partial charge in [0.1, 0.15) is 23.9 Å². The van der Waals surface area contributed by atoms with Crippen LogP contribution < -0.4 is 26.6 Å². The van der Waals surface area contributed by atoms with Crippen LogP contribution in [-0.4, -0.2) is 28.1 Å². The van der Waals surface area contributed by atoms with Crippen LogP contribution in [0.15, 0.2) is 34.0 Å². The van der Waals surface area contributed by atoms with Crippen LogP contribution in [0.3, 0.4) is 0 Å². The molecule has 1 fully saturated rings. The molecule has 1 aromatic carbocycles. The Morgan fingerprint density at radius 2 is 2.00 bits per heavy atom. The van der Waals surface area contributed by atoms with E-state index in [0.717, 1.165) is 17.4 Å². The maximum absolute atomic E-state index is 12.6. The Labute approximate surface area is 165 Å². The van der Waals surface area contributed by atoms with Gasteiger partial charge in [0.15, 0.2) is 0 Å². The van der Waals surface area contributed by atoms with Gasteiger partial charge in [-0.15, -0.1) is 0 Å². The Morgan fingerprint density at radius 3 is 2.59 bits per heavy atom. The zero-order valence-electron chi connectivity index (χ0n) is 15.9. The molecule has 0 radical (unpaired) electrons. The molecule has 1 aliphatic rings. The van der Waals surface area contributed by atoms with Gasteiger partial charge in [0.25, 0.3) is 5.56 Å². The van der Waals surface area contributed by atoms with Gasteiger partial charge in [0, 0.05) is 24.8 Å². The van der Waals surface area contributed by atoms with Crippen molar-refractivity contribution in [3.05, 3.63) is 50.8 Å². The highest BCUT2D eigenvalue weighted by molar-refractivity contribution is 5.94. The van der Waals surface area contributed by atoms with E-state index in [1.54, 1.807) is 18.2 Å². The first-order chi connectivity index (χ1) is 13.8. The number of carbonyl (C=O) groups is 2. The number of carbonyl (C=O) groups excluding carboxylic acids is 2. The van der Waals surface area contributed by atoms with Crippen LogP contribution in [0.2, 0.25) is 0 Å². The van der Waals surface area contributed by atoms with Crippen LogP contribution in [0.25, 0.3) is 0 Å². The van der Waals surface area contributed by atoms with Gasteiger partial charge in [-0.05, 0) is 31.0 Å². The SMILES string of the molecule is COc1ccc(NC(C)=O)cc1NC(=O)Cn1c(=O)c(C#N)cn(C2CC2)c1=O.